The lowest BCUT2D eigenvalue weighted by atomic mass is 9.96. The maximum absolute atomic E-state index is 11.1. The van der Waals surface area contributed by atoms with E-state index in [1.165, 1.54) is 18.4 Å². The fourth-order valence-corrected chi connectivity index (χ4v) is 2.25. The van der Waals surface area contributed by atoms with Crippen LogP contribution in [0.1, 0.15) is 48.4 Å². The Balaban J connectivity index is 2.37. The molecular weight excluding hydrogens is 188 g/mol. The molecule has 1 aliphatic rings. The minimum absolute atomic E-state index is 0.532. The smallest absolute Gasteiger partial charge is 0.168 e. The van der Waals surface area contributed by atoms with Gasteiger partial charge in [-0.2, -0.15) is 5.10 Å². The lowest BCUT2D eigenvalue weighted by Gasteiger charge is -2.08. The first-order valence-electron chi connectivity index (χ1n) is 5.76. The topological polar surface area (TPSA) is 34.9 Å². The van der Waals surface area contributed by atoms with Crippen molar-refractivity contribution in [1.29, 1.82) is 0 Å². The van der Waals surface area contributed by atoms with Crippen LogP contribution in [0.25, 0.3) is 0 Å². The van der Waals surface area contributed by atoms with Crippen molar-refractivity contribution in [1.82, 2.24) is 9.78 Å². The van der Waals surface area contributed by atoms with Gasteiger partial charge in [0.25, 0.3) is 0 Å². The van der Waals surface area contributed by atoms with E-state index < -0.39 is 0 Å². The standard InChI is InChI=1S/C12H18N2O/c1-9(2)7-14-12(8-15)10-5-3-4-6-11(10)13-14/h8-9H,3-7H2,1-2H3. The van der Waals surface area contributed by atoms with Gasteiger partial charge in [-0.15, -0.1) is 0 Å². The lowest BCUT2D eigenvalue weighted by molar-refractivity contribution is 0.111. The lowest BCUT2D eigenvalue weighted by Crippen LogP contribution is -2.09. The second kappa shape index (κ2) is 4.17. The molecule has 1 heterocycles. The molecule has 0 saturated carbocycles. The molecule has 0 saturated heterocycles. The van der Waals surface area contributed by atoms with Crippen molar-refractivity contribution in [2.45, 2.75) is 46.1 Å². The van der Waals surface area contributed by atoms with Crippen molar-refractivity contribution in [3.05, 3.63) is 17.0 Å². The largest absolute Gasteiger partial charge is 0.296 e. The fourth-order valence-electron chi connectivity index (χ4n) is 2.25. The number of carbonyl (C=O) groups is 1. The van der Waals surface area contributed by atoms with Crippen molar-refractivity contribution < 1.29 is 4.79 Å². The number of aromatic nitrogens is 2. The molecule has 15 heavy (non-hydrogen) atoms. The Labute approximate surface area is 90.5 Å². The highest BCUT2D eigenvalue weighted by Crippen LogP contribution is 2.23. The van der Waals surface area contributed by atoms with Crippen LogP contribution < -0.4 is 0 Å². The van der Waals surface area contributed by atoms with Crippen molar-refractivity contribution in [3.8, 4) is 0 Å². The predicted molar refractivity (Wildman–Crippen MR) is 59.1 cm³/mol. The van der Waals surface area contributed by atoms with E-state index in [4.69, 9.17) is 0 Å². The van der Waals surface area contributed by atoms with Gasteiger partial charge in [0.2, 0.25) is 0 Å². The summed E-state index contributed by atoms with van der Waals surface area (Å²) in [5, 5.41) is 4.55. The quantitative estimate of drug-likeness (QED) is 0.711. The number of nitrogens with zero attached hydrogens (tertiary/aromatic N) is 2. The zero-order valence-corrected chi connectivity index (χ0v) is 9.49. The highest BCUT2D eigenvalue weighted by Gasteiger charge is 2.20. The summed E-state index contributed by atoms with van der Waals surface area (Å²) in [5.41, 5.74) is 3.18. The molecule has 0 bridgehead atoms. The van der Waals surface area contributed by atoms with Crippen LogP contribution in [-0.4, -0.2) is 16.1 Å². The molecule has 82 valence electrons. The van der Waals surface area contributed by atoms with Gasteiger partial charge in [0.15, 0.2) is 6.29 Å². The number of fused-ring (bicyclic) bond motifs is 1. The highest BCUT2D eigenvalue weighted by atomic mass is 16.1. The van der Waals surface area contributed by atoms with Gasteiger partial charge >= 0.3 is 0 Å². The van der Waals surface area contributed by atoms with Crippen LogP contribution in [-0.2, 0) is 19.4 Å². The van der Waals surface area contributed by atoms with Crippen LogP contribution in [0.3, 0.4) is 0 Å². The summed E-state index contributed by atoms with van der Waals surface area (Å²) in [6, 6.07) is 0. The van der Waals surface area contributed by atoms with Crippen molar-refractivity contribution in [2.75, 3.05) is 0 Å². The van der Waals surface area contributed by atoms with Crippen LogP contribution in [0.15, 0.2) is 0 Å². The van der Waals surface area contributed by atoms with E-state index in [0.717, 1.165) is 37.1 Å². The van der Waals surface area contributed by atoms with Gasteiger partial charge in [-0.1, -0.05) is 13.8 Å². The van der Waals surface area contributed by atoms with Gasteiger partial charge in [-0.3, -0.25) is 9.48 Å². The van der Waals surface area contributed by atoms with E-state index in [1.54, 1.807) is 0 Å². The summed E-state index contributed by atoms with van der Waals surface area (Å²) >= 11 is 0. The summed E-state index contributed by atoms with van der Waals surface area (Å²) in [5.74, 6) is 0.532. The first kappa shape index (κ1) is 10.4. The minimum atomic E-state index is 0.532. The maximum atomic E-state index is 11.1. The fraction of sp³-hybridized carbons (Fsp3) is 0.667. The SMILES string of the molecule is CC(C)Cn1nc2c(c1C=O)CCCC2. The van der Waals surface area contributed by atoms with Gasteiger partial charge in [0.05, 0.1) is 5.69 Å². The van der Waals surface area contributed by atoms with Gasteiger partial charge in [0.1, 0.15) is 5.69 Å². The van der Waals surface area contributed by atoms with Crippen LogP contribution >= 0.6 is 0 Å². The molecular formula is C12H18N2O. The molecule has 0 fully saturated rings. The van der Waals surface area contributed by atoms with Crippen molar-refractivity contribution in [3.63, 3.8) is 0 Å². The molecule has 2 rings (SSSR count). The number of aldehydes is 1. The number of hydrogen-bond acceptors (Lipinski definition) is 2. The first-order valence-corrected chi connectivity index (χ1v) is 5.76. The number of rotatable bonds is 3. The number of carbonyl (C=O) groups excluding carboxylic acids is 1. The summed E-state index contributed by atoms with van der Waals surface area (Å²) in [7, 11) is 0. The van der Waals surface area contributed by atoms with E-state index in [0.29, 0.717) is 5.92 Å². The molecule has 0 N–H and O–H groups in total. The third kappa shape index (κ3) is 1.96. The molecule has 0 spiro atoms. The van der Waals surface area contributed by atoms with Gasteiger partial charge in [-0.25, -0.2) is 0 Å². The summed E-state index contributed by atoms with van der Waals surface area (Å²) in [4.78, 5) is 11.1. The summed E-state index contributed by atoms with van der Waals surface area (Å²) < 4.78 is 1.90. The Hall–Kier alpha value is -1.12. The predicted octanol–water partition coefficient (Wildman–Crippen LogP) is 2.23. The Bertz CT molecular complexity index is 366. The van der Waals surface area contributed by atoms with Crippen molar-refractivity contribution >= 4 is 6.29 Å². The Morgan fingerprint density at radius 1 is 1.40 bits per heavy atom. The van der Waals surface area contributed by atoms with Crippen LogP contribution in [0, 0.1) is 5.92 Å². The Morgan fingerprint density at radius 3 is 2.80 bits per heavy atom. The average molecular weight is 206 g/mol. The summed E-state index contributed by atoms with van der Waals surface area (Å²) in [6.07, 6.45) is 5.45. The van der Waals surface area contributed by atoms with E-state index >= 15 is 0 Å². The van der Waals surface area contributed by atoms with Gasteiger partial charge in [-0.05, 0) is 31.6 Å². The highest BCUT2D eigenvalue weighted by molar-refractivity contribution is 5.75. The Morgan fingerprint density at radius 2 is 2.13 bits per heavy atom. The molecule has 0 aliphatic heterocycles. The second-order valence-corrected chi connectivity index (χ2v) is 4.71. The van der Waals surface area contributed by atoms with Gasteiger partial charge in [0, 0.05) is 12.1 Å². The van der Waals surface area contributed by atoms with Crippen LogP contribution in [0.4, 0.5) is 0 Å². The average Bonchev–Trinajstić information content (AvgIpc) is 2.53. The van der Waals surface area contributed by atoms with Gasteiger partial charge < -0.3 is 0 Å². The molecule has 0 amide bonds. The van der Waals surface area contributed by atoms with E-state index in [-0.39, 0.29) is 0 Å². The zero-order chi connectivity index (χ0) is 10.8. The van der Waals surface area contributed by atoms with Crippen molar-refractivity contribution in [2.24, 2.45) is 5.92 Å². The molecule has 1 aromatic rings. The normalized spacial score (nSPS) is 15.4. The summed E-state index contributed by atoms with van der Waals surface area (Å²) in [6.45, 7) is 5.14. The second-order valence-electron chi connectivity index (χ2n) is 4.71. The molecule has 1 aromatic heterocycles. The van der Waals surface area contributed by atoms with Crippen LogP contribution in [0.5, 0.6) is 0 Å². The molecule has 3 heteroatoms. The molecule has 0 atom stereocenters. The minimum Gasteiger partial charge on any atom is -0.296 e. The maximum Gasteiger partial charge on any atom is 0.168 e. The number of hydrogen-bond donors (Lipinski definition) is 0. The molecule has 3 nitrogen and oxygen atoms in total. The molecule has 0 unspecified atom stereocenters. The first-order chi connectivity index (χ1) is 7.22. The third-order valence-corrected chi connectivity index (χ3v) is 2.92. The van der Waals surface area contributed by atoms with E-state index in [9.17, 15) is 4.79 Å². The number of aryl methyl sites for hydroxylation is 1. The Kier molecular flexibility index (Phi) is 2.89. The monoisotopic (exact) mass is 206 g/mol. The molecule has 0 aromatic carbocycles. The third-order valence-electron chi connectivity index (χ3n) is 2.92. The molecule has 0 radical (unpaired) electrons. The van der Waals surface area contributed by atoms with E-state index in [2.05, 4.69) is 18.9 Å². The van der Waals surface area contributed by atoms with Crippen LogP contribution in [0.2, 0.25) is 0 Å². The van der Waals surface area contributed by atoms with E-state index in [1.807, 2.05) is 4.68 Å². The zero-order valence-electron chi connectivity index (χ0n) is 9.49. The molecule has 1 aliphatic carbocycles.